The van der Waals surface area contributed by atoms with Gasteiger partial charge >= 0.3 is 5.97 Å². The van der Waals surface area contributed by atoms with Crippen LogP contribution in [-0.4, -0.2) is 39.7 Å². The number of para-hydroxylation sites is 1. The first kappa shape index (κ1) is 14.6. The Labute approximate surface area is 121 Å². The number of carbonyl (C=O) groups excluding carboxylic acids is 1. The van der Waals surface area contributed by atoms with E-state index in [1.54, 1.807) is 16.7 Å². The number of ether oxygens (including phenoxy) is 1. The number of hydrogen-bond donors (Lipinski definition) is 2. The molecule has 21 heavy (non-hydrogen) atoms. The predicted molar refractivity (Wildman–Crippen MR) is 74.1 cm³/mol. The number of nitrogens with zero attached hydrogens (tertiary/aromatic N) is 2. The summed E-state index contributed by atoms with van der Waals surface area (Å²) in [6.45, 7) is 0.748. The Morgan fingerprint density at radius 3 is 2.71 bits per heavy atom. The fraction of sp³-hybridized carbons (Fsp3) is 0.214. The predicted octanol–water partition coefficient (Wildman–Crippen LogP) is 0.776. The molecular weight excluding hydrogens is 274 g/mol. The number of aromatic nitrogens is 2. The highest BCUT2D eigenvalue weighted by Gasteiger charge is 2.06. The van der Waals surface area contributed by atoms with Crippen molar-refractivity contribution in [1.29, 1.82) is 0 Å². The first-order chi connectivity index (χ1) is 10.1. The van der Waals surface area contributed by atoms with Crippen LogP contribution >= 0.6 is 0 Å². The molecule has 0 saturated heterocycles. The average molecular weight is 289 g/mol. The van der Waals surface area contributed by atoms with Gasteiger partial charge in [-0.2, -0.15) is 0 Å². The van der Waals surface area contributed by atoms with E-state index in [0.717, 1.165) is 0 Å². The molecule has 0 fully saturated rings. The fourth-order valence-electron chi connectivity index (χ4n) is 1.63. The van der Waals surface area contributed by atoms with Gasteiger partial charge in [0.1, 0.15) is 5.75 Å². The van der Waals surface area contributed by atoms with Crippen molar-refractivity contribution in [2.75, 3.05) is 13.2 Å². The summed E-state index contributed by atoms with van der Waals surface area (Å²) in [7, 11) is 0. The lowest BCUT2D eigenvalue weighted by molar-refractivity contribution is -0.123. The molecular formula is C14H15N3O4. The van der Waals surface area contributed by atoms with Crippen LogP contribution in [0, 0.1) is 0 Å². The van der Waals surface area contributed by atoms with E-state index in [1.165, 1.54) is 12.5 Å². The van der Waals surface area contributed by atoms with Gasteiger partial charge in [-0.1, -0.05) is 18.2 Å². The topological polar surface area (TPSA) is 93.5 Å². The van der Waals surface area contributed by atoms with Crippen LogP contribution < -0.4 is 10.1 Å². The van der Waals surface area contributed by atoms with E-state index in [0.29, 0.717) is 18.8 Å². The molecule has 7 nitrogen and oxygen atoms in total. The Kier molecular flexibility index (Phi) is 4.92. The fourth-order valence-corrected chi connectivity index (χ4v) is 1.63. The molecule has 7 heteroatoms. The summed E-state index contributed by atoms with van der Waals surface area (Å²) in [5.74, 6) is -0.681. The van der Waals surface area contributed by atoms with Gasteiger partial charge in [0.2, 0.25) is 0 Å². The summed E-state index contributed by atoms with van der Waals surface area (Å²) in [5, 5.41) is 11.4. The number of hydrogen-bond acceptors (Lipinski definition) is 4. The van der Waals surface area contributed by atoms with Gasteiger partial charge in [0.05, 0.1) is 6.33 Å². The highest BCUT2D eigenvalue weighted by atomic mass is 16.5. The molecule has 0 atom stereocenters. The van der Waals surface area contributed by atoms with E-state index in [1.807, 2.05) is 18.2 Å². The van der Waals surface area contributed by atoms with E-state index < -0.39 is 5.97 Å². The Balaban J connectivity index is 1.68. The van der Waals surface area contributed by atoms with Crippen LogP contribution in [-0.2, 0) is 11.3 Å². The molecule has 0 saturated carbocycles. The van der Waals surface area contributed by atoms with Crippen molar-refractivity contribution in [3.05, 3.63) is 48.5 Å². The monoisotopic (exact) mass is 289 g/mol. The number of imidazole rings is 1. The van der Waals surface area contributed by atoms with Crippen LogP contribution in [0.2, 0.25) is 0 Å². The number of carboxylic acid groups (broad SMARTS) is 1. The van der Waals surface area contributed by atoms with Crippen molar-refractivity contribution in [2.24, 2.45) is 0 Å². The van der Waals surface area contributed by atoms with Gasteiger partial charge in [-0.25, -0.2) is 9.78 Å². The van der Waals surface area contributed by atoms with Gasteiger partial charge in [-0.3, -0.25) is 4.79 Å². The van der Waals surface area contributed by atoms with Crippen LogP contribution in [0.25, 0.3) is 0 Å². The van der Waals surface area contributed by atoms with Crippen molar-refractivity contribution in [3.8, 4) is 5.75 Å². The van der Waals surface area contributed by atoms with Gasteiger partial charge in [-0.15, -0.1) is 0 Å². The van der Waals surface area contributed by atoms with Crippen LogP contribution in [0.3, 0.4) is 0 Å². The molecule has 110 valence electrons. The molecule has 0 aliphatic rings. The van der Waals surface area contributed by atoms with Crippen molar-refractivity contribution >= 4 is 11.9 Å². The largest absolute Gasteiger partial charge is 0.484 e. The maximum Gasteiger partial charge on any atom is 0.356 e. The number of benzene rings is 1. The lowest BCUT2D eigenvalue weighted by Gasteiger charge is -2.07. The molecule has 0 aliphatic carbocycles. The molecule has 0 spiro atoms. The molecule has 2 N–H and O–H groups in total. The van der Waals surface area contributed by atoms with Crippen molar-refractivity contribution in [3.63, 3.8) is 0 Å². The van der Waals surface area contributed by atoms with E-state index >= 15 is 0 Å². The standard InChI is InChI=1S/C14H15N3O4/c18-13(9-21-11-4-2-1-3-5-11)15-6-7-17-8-12(14(19)20)16-10-17/h1-5,8,10H,6-7,9H2,(H,15,18)(H,19,20). The number of rotatable bonds is 7. The van der Waals surface area contributed by atoms with Crippen molar-refractivity contribution < 1.29 is 19.4 Å². The van der Waals surface area contributed by atoms with E-state index in [9.17, 15) is 9.59 Å². The summed E-state index contributed by atoms with van der Waals surface area (Å²) >= 11 is 0. The summed E-state index contributed by atoms with van der Waals surface area (Å²) in [4.78, 5) is 25.9. The first-order valence-electron chi connectivity index (χ1n) is 6.35. The molecule has 1 amide bonds. The SMILES string of the molecule is O=C(COc1ccccc1)NCCn1cnc(C(=O)O)c1. The normalized spacial score (nSPS) is 10.1. The number of carboxylic acids is 1. The maximum atomic E-state index is 11.6. The van der Waals surface area contributed by atoms with Crippen molar-refractivity contribution in [1.82, 2.24) is 14.9 Å². The maximum absolute atomic E-state index is 11.6. The zero-order valence-electron chi connectivity index (χ0n) is 11.2. The summed E-state index contributed by atoms with van der Waals surface area (Å²) in [5.41, 5.74) is -0.0197. The number of amides is 1. The second kappa shape index (κ2) is 7.09. The molecule has 0 unspecified atom stereocenters. The third kappa shape index (κ3) is 4.64. The molecule has 2 rings (SSSR count). The molecule has 1 heterocycles. The number of carbonyl (C=O) groups is 2. The lowest BCUT2D eigenvalue weighted by Crippen LogP contribution is -2.31. The third-order valence-corrected chi connectivity index (χ3v) is 2.66. The Hall–Kier alpha value is -2.83. The quantitative estimate of drug-likeness (QED) is 0.785. The van der Waals surface area contributed by atoms with Gasteiger partial charge in [0.25, 0.3) is 5.91 Å². The van der Waals surface area contributed by atoms with Gasteiger partial charge in [-0.05, 0) is 12.1 Å². The minimum atomic E-state index is -1.07. The Bertz CT molecular complexity index is 610. The highest BCUT2D eigenvalue weighted by Crippen LogP contribution is 2.07. The van der Waals surface area contributed by atoms with Gasteiger partial charge in [0, 0.05) is 19.3 Å². The Morgan fingerprint density at radius 1 is 1.29 bits per heavy atom. The molecule has 2 aromatic rings. The first-order valence-corrected chi connectivity index (χ1v) is 6.35. The second-order valence-electron chi connectivity index (χ2n) is 4.25. The van der Waals surface area contributed by atoms with E-state index in [2.05, 4.69) is 10.3 Å². The van der Waals surface area contributed by atoms with Crippen LogP contribution in [0.15, 0.2) is 42.9 Å². The third-order valence-electron chi connectivity index (χ3n) is 2.66. The summed E-state index contributed by atoms with van der Waals surface area (Å²) in [6, 6.07) is 9.06. The lowest BCUT2D eigenvalue weighted by atomic mass is 10.3. The number of nitrogens with one attached hydrogen (secondary N) is 1. The zero-order chi connectivity index (χ0) is 15.1. The summed E-state index contributed by atoms with van der Waals surface area (Å²) in [6.07, 6.45) is 2.82. The molecule has 0 aliphatic heterocycles. The highest BCUT2D eigenvalue weighted by molar-refractivity contribution is 5.84. The molecule has 0 radical (unpaired) electrons. The molecule has 1 aromatic carbocycles. The van der Waals surface area contributed by atoms with Gasteiger partial charge in [0.15, 0.2) is 12.3 Å². The summed E-state index contributed by atoms with van der Waals surface area (Å²) < 4.78 is 6.90. The van der Waals surface area contributed by atoms with E-state index in [-0.39, 0.29) is 18.2 Å². The minimum absolute atomic E-state index is 0.0197. The zero-order valence-corrected chi connectivity index (χ0v) is 11.2. The Morgan fingerprint density at radius 2 is 2.05 bits per heavy atom. The molecule has 1 aromatic heterocycles. The number of aromatic carboxylic acids is 1. The van der Waals surface area contributed by atoms with Crippen LogP contribution in [0.4, 0.5) is 0 Å². The molecule has 0 bridgehead atoms. The van der Waals surface area contributed by atoms with Crippen molar-refractivity contribution in [2.45, 2.75) is 6.54 Å². The minimum Gasteiger partial charge on any atom is -0.484 e. The average Bonchev–Trinajstić information content (AvgIpc) is 2.95. The second-order valence-corrected chi connectivity index (χ2v) is 4.25. The smallest absolute Gasteiger partial charge is 0.356 e. The van der Waals surface area contributed by atoms with Crippen LogP contribution in [0.5, 0.6) is 5.75 Å². The van der Waals surface area contributed by atoms with Gasteiger partial charge < -0.3 is 19.7 Å². The van der Waals surface area contributed by atoms with E-state index in [4.69, 9.17) is 9.84 Å². The van der Waals surface area contributed by atoms with Crippen LogP contribution in [0.1, 0.15) is 10.5 Å².